The molecule has 0 N–H and O–H groups in total. The molecule has 0 radical (unpaired) electrons. The Morgan fingerprint density at radius 2 is 2.00 bits per heavy atom. The largest absolute Gasteiger partial charge is 0.245 e. The van der Waals surface area contributed by atoms with Crippen molar-refractivity contribution in [1.29, 1.82) is 0 Å². The SMILES string of the molecule is c1cc2ccc3ncsc3c2s1. The lowest BCUT2D eigenvalue weighted by Crippen LogP contribution is -1.65. The summed E-state index contributed by atoms with van der Waals surface area (Å²) in [6, 6.07) is 6.37. The van der Waals surface area contributed by atoms with E-state index in [2.05, 4.69) is 28.6 Å². The summed E-state index contributed by atoms with van der Waals surface area (Å²) in [5, 5.41) is 3.46. The number of thiazole rings is 1. The van der Waals surface area contributed by atoms with Crippen molar-refractivity contribution in [2.24, 2.45) is 0 Å². The van der Waals surface area contributed by atoms with Crippen LogP contribution in [0.5, 0.6) is 0 Å². The van der Waals surface area contributed by atoms with E-state index in [0.717, 1.165) is 5.52 Å². The molecule has 3 rings (SSSR count). The number of thiophene rings is 1. The molecule has 0 aliphatic heterocycles. The Labute approximate surface area is 77.3 Å². The zero-order valence-corrected chi connectivity index (χ0v) is 7.78. The van der Waals surface area contributed by atoms with Crippen LogP contribution in [0.4, 0.5) is 0 Å². The molecule has 2 aromatic heterocycles. The van der Waals surface area contributed by atoms with Gasteiger partial charge in [0.25, 0.3) is 0 Å². The number of nitrogens with zero attached hydrogens (tertiary/aromatic N) is 1. The molecular formula is C9H5NS2. The number of fused-ring (bicyclic) bond motifs is 3. The van der Waals surface area contributed by atoms with Gasteiger partial charge >= 0.3 is 0 Å². The third kappa shape index (κ3) is 0.750. The molecule has 0 saturated heterocycles. The maximum Gasteiger partial charge on any atom is 0.0826 e. The van der Waals surface area contributed by atoms with E-state index in [0.29, 0.717) is 0 Å². The van der Waals surface area contributed by atoms with Crippen LogP contribution in [0.1, 0.15) is 0 Å². The van der Waals surface area contributed by atoms with Gasteiger partial charge in [0.2, 0.25) is 0 Å². The van der Waals surface area contributed by atoms with E-state index >= 15 is 0 Å². The van der Waals surface area contributed by atoms with Crippen LogP contribution in [0.2, 0.25) is 0 Å². The molecule has 0 spiro atoms. The predicted octanol–water partition coefficient (Wildman–Crippen LogP) is 3.51. The van der Waals surface area contributed by atoms with E-state index in [1.165, 1.54) is 14.8 Å². The molecule has 3 aromatic rings. The molecule has 1 aromatic carbocycles. The Kier molecular flexibility index (Phi) is 1.25. The second-order valence-electron chi connectivity index (χ2n) is 2.61. The average molecular weight is 191 g/mol. The summed E-state index contributed by atoms with van der Waals surface area (Å²) >= 11 is 3.51. The fourth-order valence-electron chi connectivity index (χ4n) is 1.35. The molecule has 0 fully saturated rings. The van der Waals surface area contributed by atoms with Gasteiger partial charge in [-0.15, -0.1) is 22.7 Å². The van der Waals surface area contributed by atoms with Gasteiger partial charge in [0.1, 0.15) is 0 Å². The van der Waals surface area contributed by atoms with E-state index in [9.17, 15) is 0 Å². The minimum atomic E-state index is 1.12. The second kappa shape index (κ2) is 2.28. The molecule has 0 unspecified atom stereocenters. The zero-order chi connectivity index (χ0) is 7.97. The van der Waals surface area contributed by atoms with Gasteiger partial charge in [0, 0.05) is 0 Å². The van der Waals surface area contributed by atoms with Gasteiger partial charge in [-0.05, 0) is 22.9 Å². The maximum absolute atomic E-state index is 4.27. The Morgan fingerprint density at radius 3 is 3.00 bits per heavy atom. The highest BCUT2D eigenvalue weighted by Gasteiger charge is 2.02. The zero-order valence-electron chi connectivity index (χ0n) is 6.15. The molecule has 58 valence electrons. The molecule has 0 atom stereocenters. The van der Waals surface area contributed by atoms with E-state index in [1.807, 2.05) is 5.51 Å². The Bertz CT molecular complexity index is 486. The third-order valence-electron chi connectivity index (χ3n) is 1.92. The first-order valence-electron chi connectivity index (χ1n) is 3.64. The highest BCUT2D eigenvalue weighted by atomic mass is 32.1. The van der Waals surface area contributed by atoms with Crippen LogP contribution in [0, 0.1) is 0 Å². The first-order chi connectivity index (χ1) is 5.95. The van der Waals surface area contributed by atoms with Gasteiger partial charge in [-0.1, -0.05) is 6.07 Å². The fraction of sp³-hybridized carbons (Fsp3) is 0. The van der Waals surface area contributed by atoms with Crippen molar-refractivity contribution in [3.63, 3.8) is 0 Å². The van der Waals surface area contributed by atoms with Crippen LogP contribution in [-0.2, 0) is 0 Å². The molecule has 0 amide bonds. The van der Waals surface area contributed by atoms with Crippen LogP contribution in [0.3, 0.4) is 0 Å². The highest BCUT2D eigenvalue weighted by molar-refractivity contribution is 7.25. The Morgan fingerprint density at radius 1 is 1.00 bits per heavy atom. The number of hydrogen-bond acceptors (Lipinski definition) is 3. The van der Waals surface area contributed by atoms with E-state index in [1.54, 1.807) is 22.7 Å². The molecule has 12 heavy (non-hydrogen) atoms. The lowest BCUT2D eigenvalue weighted by molar-refractivity contribution is 1.51. The monoisotopic (exact) mass is 191 g/mol. The molecule has 3 heteroatoms. The summed E-state index contributed by atoms with van der Waals surface area (Å²) in [5.74, 6) is 0. The fourth-order valence-corrected chi connectivity index (χ4v) is 3.21. The van der Waals surface area contributed by atoms with Gasteiger partial charge in [-0.25, -0.2) is 4.98 Å². The number of aromatic nitrogens is 1. The molecule has 0 aliphatic rings. The summed E-state index contributed by atoms with van der Waals surface area (Å²) in [7, 11) is 0. The highest BCUT2D eigenvalue weighted by Crippen LogP contribution is 2.31. The van der Waals surface area contributed by atoms with Crippen LogP contribution in [-0.4, -0.2) is 4.98 Å². The van der Waals surface area contributed by atoms with Crippen LogP contribution in [0.25, 0.3) is 20.3 Å². The maximum atomic E-state index is 4.27. The standard InChI is InChI=1S/C9H5NS2/c1-2-7-9(12-5-10-7)8-6(1)3-4-11-8/h1-5H. The van der Waals surface area contributed by atoms with E-state index < -0.39 is 0 Å². The summed E-state index contributed by atoms with van der Waals surface area (Å²) in [5.41, 5.74) is 3.03. The summed E-state index contributed by atoms with van der Waals surface area (Å²) in [4.78, 5) is 4.27. The molecule has 2 heterocycles. The number of hydrogen-bond donors (Lipinski definition) is 0. The average Bonchev–Trinajstić information content (AvgIpc) is 2.71. The predicted molar refractivity (Wildman–Crippen MR) is 55.0 cm³/mol. The lowest BCUT2D eigenvalue weighted by Gasteiger charge is -1.88. The normalized spacial score (nSPS) is 11.3. The minimum absolute atomic E-state index is 1.12. The van der Waals surface area contributed by atoms with Crippen molar-refractivity contribution in [3.8, 4) is 0 Å². The summed E-state index contributed by atoms with van der Waals surface area (Å²) in [6.07, 6.45) is 0. The minimum Gasteiger partial charge on any atom is -0.245 e. The molecular weight excluding hydrogens is 186 g/mol. The molecule has 0 saturated carbocycles. The molecule has 0 bridgehead atoms. The Balaban J connectivity index is 2.71. The van der Waals surface area contributed by atoms with Crippen molar-refractivity contribution < 1.29 is 0 Å². The van der Waals surface area contributed by atoms with Crippen molar-refractivity contribution >= 4 is 43.0 Å². The quantitative estimate of drug-likeness (QED) is 0.530. The first-order valence-corrected chi connectivity index (χ1v) is 5.40. The van der Waals surface area contributed by atoms with Gasteiger partial charge in [0.05, 0.1) is 20.4 Å². The topological polar surface area (TPSA) is 12.9 Å². The van der Waals surface area contributed by atoms with Gasteiger partial charge in [0.15, 0.2) is 0 Å². The van der Waals surface area contributed by atoms with Crippen LogP contribution in [0.15, 0.2) is 29.1 Å². The lowest BCUT2D eigenvalue weighted by atomic mass is 10.2. The van der Waals surface area contributed by atoms with Gasteiger partial charge in [-0.2, -0.15) is 0 Å². The van der Waals surface area contributed by atoms with Crippen molar-refractivity contribution in [2.75, 3.05) is 0 Å². The molecule has 1 nitrogen and oxygen atoms in total. The first kappa shape index (κ1) is 6.57. The van der Waals surface area contributed by atoms with E-state index in [4.69, 9.17) is 0 Å². The van der Waals surface area contributed by atoms with Crippen LogP contribution < -0.4 is 0 Å². The van der Waals surface area contributed by atoms with Gasteiger partial charge in [-0.3, -0.25) is 0 Å². The molecule has 0 aliphatic carbocycles. The smallest absolute Gasteiger partial charge is 0.0826 e. The van der Waals surface area contributed by atoms with E-state index in [-0.39, 0.29) is 0 Å². The second-order valence-corrected chi connectivity index (χ2v) is 4.38. The summed E-state index contributed by atoms with van der Waals surface area (Å²) in [6.45, 7) is 0. The number of benzene rings is 1. The van der Waals surface area contributed by atoms with Crippen molar-refractivity contribution in [2.45, 2.75) is 0 Å². The third-order valence-corrected chi connectivity index (χ3v) is 3.85. The van der Waals surface area contributed by atoms with Gasteiger partial charge < -0.3 is 0 Å². The van der Waals surface area contributed by atoms with Crippen LogP contribution >= 0.6 is 22.7 Å². The van der Waals surface area contributed by atoms with Crippen molar-refractivity contribution in [1.82, 2.24) is 4.98 Å². The van der Waals surface area contributed by atoms with Crippen molar-refractivity contribution in [3.05, 3.63) is 29.1 Å². The summed E-state index contributed by atoms with van der Waals surface area (Å²) < 4.78 is 2.69. The number of rotatable bonds is 0. The Hall–Kier alpha value is -0.930.